The van der Waals surface area contributed by atoms with Crippen LogP contribution in [0.25, 0.3) is 11.0 Å². The Kier molecular flexibility index (Phi) is 10.4. The molecular formula is C30H35N11O3. The second-order valence-electron chi connectivity index (χ2n) is 10.3. The van der Waals surface area contributed by atoms with E-state index in [1.807, 2.05) is 18.2 Å². The lowest BCUT2D eigenvalue weighted by molar-refractivity contribution is -0.383. The fourth-order valence-electron chi connectivity index (χ4n) is 4.52. The van der Waals surface area contributed by atoms with Gasteiger partial charge >= 0.3 is 5.69 Å². The number of anilines is 4. The molecule has 5 rings (SSSR count). The topological polar surface area (TPSA) is 182 Å². The van der Waals surface area contributed by atoms with Crippen LogP contribution in [-0.2, 0) is 13.0 Å². The molecule has 3 heterocycles. The highest BCUT2D eigenvalue weighted by Crippen LogP contribution is 2.28. The van der Waals surface area contributed by atoms with E-state index in [0.717, 1.165) is 49.9 Å². The standard InChI is InChI=1S/C30H35N11O3/c1-21-9-11-22(12-10-21)20-35-30-37-28(36-29(38-30)34-19-15-23-8-4-7-16-31-23)33-18-6-3-2-5-17-32-24-13-14-25(41(42)43)27-26(24)39-44-40-27/h4,7-14,16,32H,2-3,5-6,15,17-20H2,1H3,(H3,33,34,35,36,37,38). The zero-order valence-electron chi connectivity index (χ0n) is 24.5. The molecule has 0 bridgehead atoms. The molecule has 2 aromatic carbocycles. The van der Waals surface area contributed by atoms with Gasteiger partial charge in [0.05, 0.1) is 10.6 Å². The minimum Gasteiger partial charge on any atom is -0.383 e. The van der Waals surface area contributed by atoms with Gasteiger partial charge < -0.3 is 21.3 Å². The second kappa shape index (κ2) is 15.2. The second-order valence-corrected chi connectivity index (χ2v) is 10.3. The number of nitro benzene ring substituents is 1. The molecule has 0 amide bonds. The van der Waals surface area contributed by atoms with Crippen molar-refractivity contribution in [2.24, 2.45) is 0 Å². The van der Waals surface area contributed by atoms with E-state index in [-0.39, 0.29) is 11.2 Å². The summed E-state index contributed by atoms with van der Waals surface area (Å²) >= 11 is 0. The van der Waals surface area contributed by atoms with Gasteiger partial charge in [0.15, 0.2) is 5.52 Å². The third kappa shape index (κ3) is 8.56. The van der Waals surface area contributed by atoms with Crippen LogP contribution < -0.4 is 21.3 Å². The Morgan fingerprint density at radius 1 is 0.750 bits per heavy atom. The molecule has 0 atom stereocenters. The van der Waals surface area contributed by atoms with E-state index in [1.165, 1.54) is 11.6 Å². The van der Waals surface area contributed by atoms with Gasteiger partial charge in [-0.1, -0.05) is 48.7 Å². The first kappa shape index (κ1) is 30.1. The van der Waals surface area contributed by atoms with Crippen molar-refractivity contribution < 1.29 is 9.55 Å². The smallest absolute Gasteiger partial charge is 0.300 e. The lowest BCUT2D eigenvalue weighted by Gasteiger charge is -2.12. The summed E-state index contributed by atoms with van der Waals surface area (Å²) in [6.45, 7) is 4.73. The maximum Gasteiger partial charge on any atom is 0.300 e. The van der Waals surface area contributed by atoms with Crippen molar-refractivity contribution in [2.45, 2.75) is 45.6 Å². The molecule has 44 heavy (non-hydrogen) atoms. The van der Waals surface area contributed by atoms with Crippen LogP contribution in [0.15, 0.2) is 65.4 Å². The van der Waals surface area contributed by atoms with Gasteiger partial charge in [0, 0.05) is 50.6 Å². The highest BCUT2D eigenvalue weighted by atomic mass is 16.6. The molecular weight excluding hydrogens is 562 g/mol. The molecule has 4 N–H and O–H groups in total. The minimum absolute atomic E-state index is 0.126. The normalized spacial score (nSPS) is 10.9. The van der Waals surface area contributed by atoms with Gasteiger partial charge in [-0.05, 0) is 53.8 Å². The quantitative estimate of drug-likeness (QED) is 0.0610. The molecule has 228 valence electrons. The first-order valence-corrected chi connectivity index (χ1v) is 14.6. The zero-order valence-corrected chi connectivity index (χ0v) is 24.5. The number of aromatic nitrogens is 6. The summed E-state index contributed by atoms with van der Waals surface area (Å²) in [4.78, 5) is 28.8. The summed E-state index contributed by atoms with van der Waals surface area (Å²) in [5, 5.41) is 31.9. The van der Waals surface area contributed by atoms with Crippen LogP contribution in [0.5, 0.6) is 0 Å². The van der Waals surface area contributed by atoms with Gasteiger partial charge in [-0.25, -0.2) is 4.63 Å². The van der Waals surface area contributed by atoms with Crippen molar-refractivity contribution >= 4 is 40.3 Å². The molecule has 0 aliphatic heterocycles. The van der Waals surface area contributed by atoms with Crippen molar-refractivity contribution in [1.82, 2.24) is 30.2 Å². The number of hydrogen-bond donors (Lipinski definition) is 4. The van der Waals surface area contributed by atoms with Crippen LogP contribution in [0.4, 0.5) is 29.2 Å². The van der Waals surface area contributed by atoms with Gasteiger partial charge in [0.2, 0.25) is 23.4 Å². The van der Waals surface area contributed by atoms with E-state index in [1.54, 1.807) is 12.3 Å². The van der Waals surface area contributed by atoms with E-state index in [9.17, 15) is 10.1 Å². The summed E-state index contributed by atoms with van der Waals surface area (Å²) < 4.78 is 4.72. The highest BCUT2D eigenvalue weighted by molar-refractivity contribution is 5.93. The molecule has 0 saturated heterocycles. The van der Waals surface area contributed by atoms with Gasteiger partial charge in [-0.15, -0.1) is 0 Å². The zero-order chi connectivity index (χ0) is 30.6. The molecule has 0 unspecified atom stereocenters. The molecule has 14 heteroatoms. The Morgan fingerprint density at radius 2 is 1.43 bits per heavy atom. The summed E-state index contributed by atoms with van der Waals surface area (Å²) in [6, 6.07) is 17.3. The van der Waals surface area contributed by atoms with Crippen LogP contribution in [0, 0.1) is 17.0 Å². The van der Waals surface area contributed by atoms with Crippen molar-refractivity contribution in [3.05, 3.63) is 87.7 Å². The van der Waals surface area contributed by atoms with E-state index in [4.69, 9.17) is 4.63 Å². The Labute approximate surface area is 254 Å². The molecule has 5 aromatic rings. The first-order chi connectivity index (χ1) is 21.5. The maximum atomic E-state index is 11.2. The average molecular weight is 598 g/mol. The number of non-ortho nitro benzene ring substituents is 1. The highest BCUT2D eigenvalue weighted by Gasteiger charge is 2.19. The van der Waals surface area contributed by atoms with Crippen LogP contribution in [0.2, 0.25) is 0 Å². The van der Waals surface area contributed by atoms with Crippen molar-refractivity contribution in [3.8, 4) is 0 Å². The predicted molar refractivity (Wildman–Crippen MR) is 169 cm³/mol. The Balaban J connectivity index is 1.08. The molecule has 0 spiro atoms. The number of nitrogens with one attached hydrogen (secondary N) is 4. The van der Waals surface area contributed by atoms with E-state index < -0.39 is 4.92 Å². The fourth-order valence-corrected chi connectivity index (χ4v) is 4.52. The maximum absolute atomic E-state index is 11.2. The van der Waals surface area contributed by atoms with Crippen LogP contribution in [-0.4, -0.2) is 54.8 Å². The molecule has 0 fully saturated rings. The molecule has 14 nitrogen and oxygen atoms in total. The van der Waals surface area contributed by atoms with Gasteiger partial charge in [0.1, 0.15) is 0 Å². The van der Waals surface area contributed by atoms with Gasteiger partial charge in [0.25, 0.3) is 0 Å². The van der Waals surface area contributed by atoms with Crippen molar-refractivity contribution in [2.75, 3.05) is 40.9 Å². The van der Waals surface area contributed by atoms with Crippen molar-refractivity contribution in [3.63, 3.8) is 0 Å². The molecule has 0 aliphatic carbocycles. The number of hydrogen-bond acceptors (Lipinski definition) is 13. The minimum atomic E-state index is -0.495. The van der Waals surface area contributed by atoms with Crippen LogP contribution >= 0.6 is 0 Å². The lowest BCUT2D eigenvalue weighted by atomic mass is 10.1. The Hall–Kier alpha value is -5.40. The first-order valence-electron chi connectivity index (χ1n) is 14.6. The summed E-state index contributed by atoms with van der Waals surface area (Å²) in [6.07, 6.45) is 6.41. The number of aryl methyl sites for hydroxylation is 1. The average Bonchev–Trinajstić information content (AvgIpc) is 3.53. The third-order valence-electron chi connectivity index (χ3n) is 6.89. The van der Waals surface area contributed by atoms with E-state index in [0.29, 0.717) is 48.7 Å². The number of benzene rings is 2. The number of rotatable bonds is 17. The number of fused-ring (bicyclic) bond motifs is 1. The molecule has 0 saturated carbocycles. The SMILES string of the molecule is Cc1ccc(CNc2nc(NCCCCCCNc3ccc([N+](=O)[O-])c4nonc34)nc(NCCc3ccccn3)n2)cc1. The Morgan fingerprint density at radius 3 is 2.14 bits per heavy atom. The summed E-state index contributed by atoms with van der Waals surface area (Å²) in [5.74, 6) is 1.51. The third-order valence-corrected chi connectivity index (χ3v) is 6.89. The largest absolute Gasteiger partial charge is 0.383 e. The number of unbranched alkanes of at least 4 members (excludes halogenated alkanes) is 3. The molecule has 3 aromatic heterocycles. The molecule has 0 aliphatic rings. The summed E-state index contributed by atoms with van der Waals surface area (Å²) in [5.41, 5.74) is 4.39. The number of pyridine rings is 1. The molecule has 0 radical (unpaired) electrons. The van der Waals surface area contributed by atoms with Crippen LogP contribution in [0.3, 0.4) is 0 Å². The van der Waals surface area contributed by atoms with E-state index in [2.05, 4.69) is 82.7 Å². The summed E-state index contributed by atoms with van der Waals surface area (Å²) in [7, 11) is 0. The van der Waals surface area contributed by atoms with Crippen LogP contribution in [0.1, 0.15) is 42.5 Å². The fraction of sp³-hybridized carbons (Fsp3) is 0.333. The van der Waals surface area contributed by atoms with Gasteiger partial charge in [-0.3, -0.25) is 15.1 Å². The monoisotopic (exact) mass is 597 g/mol. The van der Waals surface area contributed by atoms with Crippen molar-refractivity contribution in [1.29, 1.82) is 0 Å². The van der Waals surface area contributed by atoms with E-state index >= 15 is 0 Å². The predicted octanol–water partition coefficient (Wildman–Crippen LogP) is 5.37. The Bertz CT molecular complexity index is 1650. The van der Waals surface area contributed by atoms with Gasteiger partial charge in [-0.2, -0.15) is 15.0 Å². The number of nitrogens with zero attached hydrogens (tertiary/aromatic N) is 7. The number of nitro groups is 1. The lowest BCUT2D eigenvalue weighted by Crippen LogP contribution is -2.14.